The topological polar surface area (TPSA) is 59.9 Å². The van der Waals surface area contributed by atoms with E-state index in [-0.39, 0.29) is 5.02 Å². The molecule has 4 aromatic rings. The van der Waals surface area contributed by atoms with Gasteiger partial charge in [-0.05, 0) is 36.8 Å². The molecule has 0 amide bonds. The summed E-state index contributed by atoms with van der Waals surface area (Å²) in [7, 11) is 0. The number of hydrogen-bond donors (Lipinski definition) is 1. The first-order valence-electron chi connectivity index (χ1n) is 9.18. The Morgan fingerprint density at radius 3 is 2.66 bits per heavy atom. The molecule has 0 aliphatic carbocycles. The van der Waals surface area contributed by atoms with Crippen LogP contribution in [0.2, 0.25) is 5.02 Å². The van der Waals surface area contributed by atoms with Gasteiger partial charge < -0.3 is 10.1 Å². The summed E-state index contributed by atoms with van der Waals surface area (Å²) in [5.74, 6) is 0.706. The lowest BCUT2D eigenvalue weighted by Crippen LogP contribution is -2.03. The highest BCUT2D eigenvalue weighted by molar-refractivity contribution is 6.31. The number of anilines is 2. The van der Waals surface area contributed by atoms with Gasteiger partial charge in [0.05, 0.1) is 17.3 Å². The molecule has 2 heterocycles. The molecule has 1 N–H and O–H groups in total. The van der Waals surface area contributed by atoms with E-state index in [1.54, 1.807) is 12.3 Å². The summed E-state index contributed by atoms with van der Waals surface area (Å²) in [6.07, 6.45) is 2.32. The van der Waals surface area contributed by atoms with E-state index < -0.39 is 5.82 Å². The summed E-state index contributed by atoms with van der Waals surface area (Å²) in [6.45, 7) is 2.49. The number of aromatic nitrogens is 3. The molecule has 0 atom stereocenters. The van der Waals surface area contributed by atoms with E-state index in [0.29, 0.717) is 30.4 Å². The predicted molar refractivity (Wildman–Crippen MR) is 112 cm³/mol. The zero-order chi connectivity index (χ0) is 20.2. The number of nitrogens with one attached hydrogen (secondary N) is 1. The lowest BCUT2D eigenvalue weighted by atomic mass is 10.0. The molecule has 0 fully saturated rings. The summed E-state index contributed by atoms with van der Waals surface area (Å²) < 4.78 is 18.9. The zero-order valence-electron chi connectivity index (χ0n) is 15.7. The Bertz CT molecular complexity index is 1170. The summed E-state index contributed by atoms with van der Waals surface area (Å²) in [6, 6.07) is 16.2. The molecule has 0 saturated heterocycles. The molecule has 5 nitrogen and oxygen atoms in total. The van der Waals surface area contributed by atoms with E-state index in [2.05, 4.69) is 20.5 Å². The van der Waals surface area contributed by atoms with Gasteiger partial charge in [-0.15, -0.1) is 5.10 Å². The minimum Gasteiger partial charge on any atom is -0.478 e. The van der Waals surface area contributed by atoms with Crippen molar-refractivity contribution in [3.05, 3.63) is 82.9 Å². The van der Waals surface area contributed by atoms with Crippen LogP contribution < -0.4 is 10.1 Å². The first-order chi connectivity index (χ1) is 14.1. The lowest BCUT2D eigenvalue weighted by molar-refractivity contribution is 0.326. The molecule has 29 heavy (non-hydrogen) atoms. The molecule has 0 bridgehead atoms. The SMILES string of the molecule is CCOc1cc(Cc2nnc(Nc3ccc(F)c(Cl)c3)c3ccccc23)ccn1. The van der Waals surface area contributed by atoms with Crippen molar-refractivity contribution in [2.45, 2.75) is 13.3 Å². The van der Waals surface area contributed by atoms with E-state index in [9.17, 15) is 4.39 Å². The smallest absolute Gasteiger partial charge is 0.213 e. The van der Waals surface area contributed by atoms with Gasteiger partial charge in [0.1, 0.15) is 5.82 Å². The van der Waals surface area contributed by atoms with Crippen molar-refractivity contribution in [1.82, 2.24) is 15.2 Å². The van der Waals surface area contributed by atoms with Crippen molar-refractivity contribution < 1.29 is 9.13 Å². The number of pyridine rings is 1. The third kappa shape index (κ3) is 4.27. The maximum Gasteiger partial charge on any atom is 0.213 e. The van der Waals surface area contributed by atoms with Crippen molar-refractivity contribution in [2.75, 3.05) is 11.9 Å². The van der Waals surface area contributed by atoms with Crippen LogP contribution in [0.4, 0.5) is 15.9 Å². The summed E-state index contributed by atoms with van der Waals surface area (Å²) in [4.78, 5) is 4.20. The maximum absolute atomic E-state index is 13.4. The van der Waals surface area contributed by atoms with E-state index in [1.807, 2.05) is 43.3 Å². The first kappa shape index (κ1) is 19.1. The van der Waals surface area contributed by atoms with Crippen LogP contribution in [0.15, 0.2) is 60.8 Å². The molecule has 0 radical (unpaired) electrons. The lowest BCUT2D eigenvalue weighted by Gasteiger charge is -2.12. The number of halogens is 2. The fourth-order valence-electron chi connectivity index (χ4n) is 3.07. The number of benzene rings is 2. The predicted octanol–water partition coefficient (Wildman–Crippen LogP) is 5.55. The molecule has 0 spiro atoms. The highest BCUT2D eigenvalue weighted by Gasteiger charge is 2.11. The van der Waals surface area contributed by atoms with Gasteiger partial charge in [-0.3, -0.25) is 0 Å². The quantitative estimate of drug-likeness (QED) is 0.453. The van der Waals surface area contributed by atoms with Crippen LogP contribution in [0.1, 0.15) is 18.2 Å². The summed E-state index contributed by atoms with van der Waals surface area (Å²) in [5.41, 5.74) is 2.52. The number of nitrogens with zero attached hydrogens (tertiary/aromatic N) is 3. The molecular formula is C22H18ClFN4O. The Morgan fingerprint density at radius 2 is 1.86 bits per heavy atom. The first-order valence-corrected chi connectivity index (χ1v) is 9.56. The van der Waals surface area contributed by atoms with Crippen molar-refractivity contribution >= 4 is 33.9 Å². The Kier molecular flexibility index (Phi) is 5.53. The zero-order valence-corrected chi connectivity index (χ0v) is 16.4. The average Bonchev–Trinajstić information content (AvgIpc) is 2.73. The Hall–Kier alpha value is -3.25. The van der Waals surface area contributed by atoms with Crippen LogP contribution >= 0.6 is 11.6 Å². The fraction of sp³-hybridized carbons (Fsp3) is 0.136. The van der Waals surface area contributed by atoms with Crippen LogP contribution in [-0.4, -0.2) is 21.8 Å². The second-order valence-corrected chi connectivity index (χ2v) is 6.81. The van der Waals surface area contributed by atoms with Crippen LogP contribution in [0, 0.1) is 5.82 Å². The van der Waals surface area contributed by atoms with Crippen molar-refractivity contribution in [3.8, 4) is 5.88 Å². The minimum absolute atomic E-state index is 0.0478. The molecule has 2 aromatic carbocycles. The largest absolute Gasteiger partial charge is 0.478 e. The molecular weight excluding hydrogens is 391 g/mol. The molecule has 7 heteroatoms. The summed E-state index contributed by atoms with van der Waals surface area (Å²) >= 11 is 5.88. The monoisotopic (exact) mass is 408 g/mol. The fourth-order valence-corrected chi connectivity index (χ4v) is 3.25. The molecule has 2 aromatic heterocycles. The highest BCUT2D eigenvalue weighted by atomic mass is 35.5. The molecule has 0 aliphatic rings. The standard InChI is InChI=1S/C22H18ClFN4O/c1-2-29-21-12-14(9-10-25-21)11-20-16-5-3-4-6-17(16)22(28-27-20)26-15-7-8-19(24)18(23)13-15/h3-10,12-13H,2,11H2,1H3,(H,26,28). The van der Waals surface area contributed by atoms with Crippen LogP contribution in [0.3, 0.4) is 0 Å². The number of rotatable bonds is 6. The van der Waals surface area contributed by atoms with Gasteiger partial charge in [0, 0.05) is 35.1 Å². The maximum atomic E-state index is 13.4. The van der Waals surface area contributed by atoms with Crippen molar-refractivity contribution in [2.24, 2.45) is 0 Å². The molecule has 4 rings (SSSR count). The Labute approximate surface area is 172 Å². The van der Waals surface area contributed by atoms with Gasteiger partial charge in [-0.1, -0.05) is 35.9 Å². The normalized spacial score (nSPS) is 10.9. The van der Waals surface area contributed by atoms with E-state index in [4.69, 9.17) is 16.3 Å². The third-order valence-corrected chi connectivity index (χ3v) is 4.70. The molecule has 146 valence electrons. The third-order valence-electron chi connectivity index (χ3n) is 4.41. The van der Waals surface area contributed by atoms with Crippen LogP contribution in [-0.2, 0) is 6.42 Å². The number of hydrogen-bond acceptors (Lipinski definition) is 5. The summed E-state index contributed by atoms with van der Waals surface area (Å²) in [5, 5.41) is 13.9. The van der Waals surface area contributed by atoms with Gasteiger partial charge >= 0.3 is 0 Å². The van der Waals surface area contributed by atoms with Gasteiger partial charge in [-0.2, -0.15) is 5.10 Å². The Morgan fingerprint density at radius 1 is 1.03 bits per heavy atom. The van der Waals surface area contributed by atoms with Gasteiger partial charge in [0.2, 0.25) is 5.88 Å². The second kappa shape index (κ2) is 8.41. The number of ether oxygens (including phenoxy) is 1. The van der Waals surface area contributed by atoms with Crippen molar-refractivity contribution in [1.29, 1.82) is 0 Å². The van der Waals surface area contributed by atoms with Gasteiger partial charge in [-0.25, -0.2) is 9.37 Å². The molecule has 0 aliphatic heterocycles. The highest BCUT2D eigenvalue weighted by Crippen LogP contribution is 2.28. The Balaban J connectivity index is 1.68. The van der Waals surface area contributed by atoms with Crippen molar-refractivity contribution in [3.63, 3.8) is 0 Å². The van der Waals surface area contributed by atoms with E-state index in [0.717, 1.165) is 22.0 Å². The van der Waals surface area contributed by atoms with Gasteiger partial charge in [0.25, 0.3) is 0 Å². The van der Waals surface area contributed by atoms with Gasteiger partial charge in [0.15, 0.2) is 5.82 Å². The van der Waals surface area contributed by atoms with E-state index >= 15 is 0 Å². The number of fused-ring (bicyclic) bond motifs is 1. The average molecular weight is 409 g/mol. The van der Waals surface area contributed by atoms with Crippen LogP contribution in [0.5, 0.6) is 5.88 Å². The van der Waals surface area contributed by atoms with Crippen LogP contribution in [0.25, 0.3) is 10.8 Å². The molecule has 0 saturated carbocycles. The van der Waals surface area contributed by atoms with E-state index in [1.165, 1.54) is 12.1 Å². The minimum atomic E-state index is -0.465. The molecule has 0 unspecified atom stereocenters. The second-order valence-electron chi connectivity index (χ2n) is 6.41.